The van der Waals surface area contributed by atoms with E-state index >= 15 is 0 Å². The minimum Gasteiger partial charge on any atom is -0.456 e. The Hall–Kier alpha value is -16.7. The van der Waals surface area contributed by atoms with Crippen molar-refractivity contribution < 1.29 is 4.42 Å². The summed E-state index contributed by atoms with van der Waals surface area (Å²) in [6, 6.07) is 171. The fourth-order valence-corrected chi connectivity index (χ4v) is 23.9. The summed E-state index contributed by atoms with van der Waals surface area (Å²) >= 11 is 1.88. The number of anilines is 9. The molecule has 26 aromatic rings. The van der Waals surface area contributed by atoms with E-state index in [2.05, 4.69) is 497 Å². The molecule has 0 unspecified atom stereocenters. The third-order valence-corrected chi connectivity index (χ3v) is 30.1. The van der Waals surface area contributed by atoms with Crippen molar-refractivity contribution in [1.29, 1.82) is 0 Å². The molecule has 0 amide bonds. The number of rotatable bonds is 10. The Morgan fingerprint density at radius 2 is 0.600 bits per heavy atom. The Balaban J connectivity index is 0.000000106. The molecule has 0 spiro atoms. The number of fused-ring (bicyclic) bond motifs is 31. The number of hydrogen-bond acceptors (Lipinski definition) is 5. The lowest BCUT2D eigenvalue weighted by Crippen LogP contribution is -2.15. The van der Waals surface area contributed by atoms with Crippen LogP contribution in [0.3, 0.4) is 0 Å². The summed E-state index contributed by atoms with van der Waals surface area (Å²) in [5, 5.41) is 30.7. The van der Waals surface area contributed by atoms with Gasteiger partial charge in [0.25, 0.3) is 0 Å². The topological polar surface area (TPSA) is 22.9 Å². The van der Waals surface area contributed by atoms with Crippen LogP contribution in [-0.4, -0.2) is 0 Å². The van der Waals surface area contributed by atoms with Gasteiger partial charge in [0.2, 0.25) is 0 Å². The lowest BCUT2D eigenvalue weighted by molar-refractivity contribution is 0.661. The van der Waals surface area contributed by atoms with Crippen LogP contribution in [0.5, 0.6) is 0 Å². The zero-order chi connectivity index (χ0) is 89.7. The molecule has 0 fully saturated rings. The summed E-state index contributed by atoms with van der Waals surface area (Å²) in [6.07, 6.45) is 0. The Labute approximate surface area is 787 Å². The van der Waals surface area contributed by atoms with Crippen molar-refractivity contribution in [3.05, 3.63) is 489 Å². The van der Waals surface area contributed by atoms with Gasteiger partial charge in [0.15, 0.2) is 0 Å². The van der Waals surface area contributed by atoms with Crippen LogP contribution in [0, 0.1) is 0 Å². The second-order valence-electron chi connectivity index (χ2n) is 37.2. The van der Waals surface area contributed by atoms with E-state index in [4.69, 9.17) is 4.42 Å². The molecule has 0 saturated heterocycles. The number of thiophene rings is 1. The SMILES string of the molecule is CC1(C)c2ccccc2-c2c1ccc1c2ccc2ccc3cc(N(c4ccccc4)c4ccccc4)ccc3c21.CC1(C)c2ccccc2-c2ccc3c(ccc4ccc5cc(N(c6ccccc6)c6cccc7oc8ccccc8c67)ccc5c43)c21.c1ccc(-c2ccc(N(c3ccc4ccccc4c3)c3ccc4c(ccc5ccc6c(ccc7sc8ccccc8c76)c54)c3)cc2)cc1. The monoisotopic (exact) mass is 1740 g/mol. The van der Waals surface area contributed by atoms with Crippen molar-refractivity contribution in [2.75, 3.05) is 14.7 Å². The summed E-state index contributed by atoms with van der Waals surface area (Å²) in [6.45, 7) is 9.45. The quantitative estimate of drug-likeness (QED) is 0.127. The molecule has 0 saturated carbocycles. The highest BCUT2D eigenvalue weighted by Gasteiger charge is 2.39. The van der Waals surface area contributed by atoms with Crippen LogP contribution in [0.25, 0.3) is 183 Å². The van der Waals surface area contributed by atoms with Gasteiger partial charge in [-0.05, 0) is 291 Å². The van der Waals surface area contributed by atoms with Gasteiger partial charge in [0, 0.05) is 81.9 Å². The molecule has 2 aromatic heterocycles. The van der Waals surface area contributed by atoms with E-state index in [1.165, 1.54) is 184 Å². The predicted molar refractivity (Wildman–Crippen MR) is 579 cm³/mol. The first-order valence-electron chi connectivity index (χ1n) is 46.8. The van der Waals surface area contributed by atoms with Crippen LogP contribution < -0.4 is 14.7 Å². The van der Waals surface area contributed by atoms with Gasteiger partial charge in [-0.15, -0.1) is 11.3 Å². The van der Waals surface area contributed by atoms with Crippen molar-refractivity contribution in [2.45, 2.75) is 38.5 Å². The minimum absolute atomic E-state index is 0.00106. The van der Waals surface area contributed by atoms with Crippen molar-refractivity contribution in [3.63, 3.8) is 0 Å². The standard InChI is InChI=1S/C46H29NS.C45H31NO.C39H29N/c1-2-8-30(9-3-1)32-16-20-36(21-17-32)47(37-22-18-31-10-4-5-11-34(31)28-37)38-23-25-39-35(29-38)15-14-33-19-24-41-40(45(33)39)26-27-44-46(41)42-12-6-7-13-43(42)48-44;1-45(2)38-15-8-6-13-33(38)35-26-25-34-36(44(35)45)23-21-28-19-20-29-27-31(22-24-32(29)42(28)34)46(30-11-4-3-5-12-30)39-16-10-18-41-43(39)37-14-7-9-17-40(37)47-41;1-39(2)35-16-10-9-15-34(35)38-33-21-19-26-17-18-27-25-30(20-22-31(27)37(26)32(33)23-24-36(38)39)40(28-11-5-3-6-12-28)29-13-7-4-8-14-29/h1-29H;3-27H,1-2H3;3-25H,1-2H3. The maximum atomic E-state index is 6.31. The first-order chi connectivity index (χ1) is 66.5. The summed E-state index contributed by atoms with van der Waals surface area (Å²) in [5.41, 5.74) is 25.5. The van der Waals surface area contributed by atoms with Crippen molar-refractivity contribution in [1.82, 2.24) is 0 Å². The predicted octanol–water partition coefficient (Wildman–Crippen LogP) is 37.5. The van der Waals surface area contributed by atoms with Crippen molar-refractivity contribution in [3.8, 4) is 33.4 Å². The molecule has 0 atom stereocenters. The molecule has 4 nitrogen and oxygen atoms in total. The number of para-hydroxylation sites is 4. The fraction of sp³-hybridized carbons (Fsp3) is 0.0462. The third-order valence-electron chi connectivity index (χ3n) is 29.0. The molecule has 2 aliphatic rings. The molecule has 2 heterocycles. The Kier molecular flexibility index (Phi) is 18.5. The van der Waals surface area contributed by atoms with E-state index in [1.807, 2.05) is 23.5 Å². The first-order valence-corrected chi connectivity index (χ1v) is 47.6. The van der Waals surface area contributed by atoms with E-state index in [9.17, 15) is 0 Å². The van der Waals surface area contributed by atoms with E-state index in [1.54, 1.807) is 0 Å². The molecular formula is C130H89N3OS. The average Bonchev–Trinajstić information content (AvgIpc) is 1.55. The van der Waals surface area contributed by atoms with Gasteiger partial charge in [-0.2, -0.15) is 0 Å². The summed E-state index contributed by atoms with van der Waals surface area (Å²) in [5.74, 6) is 0. The Morgan fingerprint density at radius 3 is 1.24 bits per heavy atom. The van der Waals surface area contributed by atoms with Gasteiger partial charge in [-0.1, -0.05) is 367 Å². The Bertz CT molecular complexity index is 9280. The van der Waals surface area contributed by atoms with E-state index < -0.39 is 0 Å². The summed E-state index contributed by atoms with van der Waals surface area (Å²) in [4.78, 5) is 7.08. The second kappa shape index (κ2) is 31.5. The van der Waals surface area contributed by atoms with Crippen LogP contribution >= 0.6 is 11.3 Å². The molecule has 135 heavy (non-hydrogen) atoms. The molecule has 28 rings (SSSR count). The normalized spacial score (nSPS) is 12.9. The van der Waals surface area contributed by atoms with E-state index in [-0.39, 0.29) is 10.8 Å². The lowest BCUT2D eigenvalue weighted by atomic mass is 9.79. The maximum absolute atomic E-state index is 6.31. The smallest absolute Gasteiger partial charge is 0.137 e. The lowest BCUT2D eigenvalue weighted by Gasteiger charge is -2.27. The van der Waals surface area contributed by atoms with Crippen LogP contribution in [0.1, 0.15) is 49.9 Å². The molecule has 24 aromatic carbocycles. The molecule has 5 heteroatoms. The van der Waals surface area contributed by atoms with E-state index in [0.717, 1.165) is 73.1 Å². The van der Waals surface area contributed by atoms with Gasteiger partial charge >= 0.3 is 0 Å². The Morgan fingerprint density at radius 1 is 0.200 bits per heavy atom. The molecule has 0 aliphatic heterocycles. The van der Waals surface area contributed by atoms with Gasteiger partial charge in [0.1, 0.15) is 11.2 Å². The molecule has 0 N–H and O–H groups in total. The van der Waals surface area contributed by atoms with Gasteiger partial charge in [-0.25, -0.2) is 0 Å². The number of benzene rings is 24. The van der Waals surface area contributed by atoms with Gasteiger partial charge < -0.3 is 19.1 Å². The molecule has 2 aliphatic carbocycles. The average molecular weight is 1740 g/mol. The van der Waals surface area contributed by atoms with Crippen molar-refractivity contribution >= 4 is 212 Å². The molecular weight excluding hydrogens is 1650 g/mol. The molecule has 0 bridgehead atoms. The molecule has 0 radical (unpaired) electrons. The zero-order valence-corrected chi connectivity index (χ0v) is 75.9. The zero-order valence-electron chi connectivity index (χ0n) is 75.1. The summed E-state index contributed by atoms with van der Waals surface area (Å²) < 4.78 is 9.00. The van der Waals surface area contributed by atoms with Crippen LogP contribution in [0.2, 0.25) is 0 Å². The van der Waals surface area contributed by atoms with Crippen molar-refractivity contribution in [2.24, 2.45) is 0 Å². The first kappa shape index (κ1) is 79.3. The number of hydrogen-bond donors (Lipinski definition) is 0. The van der Waals surface area contributed by atoms with Gasteiger partial charge in [-0.3, -0.25) is 0 Å². The summed E-state index contributed by atoms with van der Waals surface area (Å²) in [7, 11) is 0. The van der Waals surface area contributed by atoms with E-state index in [0.29, 0.717) is 0 Å². The largest absolute Gasteiger partial charge is 0.456 e. The highest BCUT2D eigenvalue weighted by Crippen LogP contribution is 2.56. The number of furan rings is 1. The van der Waals surface area contributed by atoms with Crippen LogP contribution in [-0.2, 0) is 10.8 Å². The fourth-order valence-electron chi connectivity index (χ4n) is 22.8. The highest BCUT2D eigenvalue weighted by molar-refractivity contribution is 7.26. The van der Waals surface area contributed by atoms with Gasteiger partial charge in [0.05, 0.1) is 11.1 Å². The van der Waals surface area contributed by atoms with Crippen LogP contribution in [0.15, 0.2) is 472 Å². The highest BCUT2D eigenvalue weighted by atomic mass is 32.1. The molecule has 636 valence electrons. The third kappa shape index (κ3) is 12.9. The minimum atomic E-state index is -0.0642. The van der Waals surface area contributed by atoms with Crippen LogP contribution in [0.4, 0.5) is 51.2 Å². The number of nitrogens with zero attached hydrogens (tertiary/aromatic N) is 3. The maximum Gasteiger partial charge on any atom is 0.137 e. The second-order valence-corrected chi connectivity index (χ2v) is 38.3.